The van der Waals surface area contributed by atoms with E-state index in [-0.39, 0.29) is 65.7 Å². The molecule has 0 heterocycles. The summed E-state index contributed by atoms with van der Waals surface area (Å²) in [4.78, 5) is 10.5. The third-order valence-electron chi connectivity index (χ3n) is 2.94. The number of hydrogen-bond donors (Lipinski definition) is 0. The van der Waals surface area contributed by atoms with Crippen LogP contribution in [0.1, 0.15) is 78.1 Å². The average Bonchev–Trinajstić information content (AvgIpc) is 2.34. The molecule has 0 fully saturated rings. The van der Waals surface area contributed by atoms with Gasteiger partial charge in [0.15, 0.2) is 0 Å². The van der Waals surface area contributed by atoms with Gasteiger partial charge in [0.05, 0.1) is 6.61 Å². The van der Waals surface area contributed by atoms with Gasteiger partial charge < -0.3 is 4.18 Å². The van der Waals surface area contributed by atoms with Crippen LogP contribution in [0.3, 0.4) is 0 Å². The number of carbonyl (C=O) groups excluding carboxylic acids is 1. The summed E-state index contributed by atoms with van der Waals surface area (Å²) in [5.41, 5.74) is 0. The number of rotatable bonds is 13. The summed E-state index contributed by atoms with van der Waals surface area (Å²) >= 11 is 0. The second kappa shape index (κ2) is 18.7. The van der Waals surface area contributed by atoms with Crippen LogP contribution in [0.4, 0.5) is 0 Å². The third-order valence-corrected chi connectivity index (χ3v) is 3.84. The Balaban J connectivity index is -0.00000180. The molecular weight excluding hydrogens is 326 g/mol. The molecule has 0 unspecified atom stereocenters. The van der Waals surface area contributed by atoms with Crippen LogP contribution in [0, 0.1) is 0 Å². The second-order valence-electron chi connectivity index (χ2n) is 4.99. The first-order valence-corrected chi connectivity index (χ1v) is 8.90. The summed E-state index contributed by atoms with van der Waals surface area (Å²) in [6, 6.07) is 0. The summed E-state index contributed by atoms with van der Waals surface area (Å²) < 4.78 is 30.7. The van der Waals surface area contributed by atoms with Crippen LogP contribution in [-0.2, 0) is 23.6 Å². The Hall–Kier alpha value is 1.38. The quantitative estimate of drug-likeness (QED) is 0.374. The van der Waals surface area contributed by atoms with Crippen molar-refractivity contribution in [3.05, 3.63) is 0 Å². The average molecular weight is 356 g/mol. The minimum absolute atomic E-state index is 0. The van der Waals surface area contributed by atoms with Crippen molar-refractivity contribution in [3.63, 3.8) is 0 Å². The van der Waals surface area contributed by atoms with Crippen molar-refractivity contribution in [3.8, 4) is 0 Å². The molecule has 0 bridgehead atoms. The summed E-state index contributed by atoms with van der Waals surface area (Å²) in [5, 5.41) is 0. The molecule has 22 heavy (non-hydrogen) atoms. The van der Waals surface area contributed by atoms with Crippen molar-refractivity contribution in [1.82, 2.24) is 0 Å². The van der Waals surface area contributed by atoms with E-state index in [4.69, 9.17) is 0 Å². The molecule has 0 atom stereocenters. The molecular formula is C14H30Na2O5S. The molecule has 0 saturated heterocycles. The van der Waals surface area contributed by atoms with E-state index in [1.54, 1.807) is 0 Å². The van der Waals surface area contributed by atoms with E-state index in [0.29, 0.717) is 6.42 Å². The molecule has 0 aromatic rings. The van der Waals surface area contributed by atoms with Crippen molar-refractivity contribution >= 4 is 75.5 Å². The van der Waals surface area contributed by atoms with Crippen LogP contribution in [-0.4, -0.2) is 80.1 Å². The fourth-order valence-electron chi connectivity index (χ4n) is 1.92. The van der Waals surface area contributed by atoms with E-state index in [1.807, 2.05) is 0 Å². The zero-order valence-corrected chi connectivity index (χ0v) is 13.5. The van der Waals surface area contributed by atoms with Gasteiger partial charge in [0, 0.05) is 6.92 Å². The van der Waals surface area contributed by atoms with E-state index >= 15 is 0 Å². The summed E-state index contributed by atoms with van der Waals surface area (Å²) in [6.07, 6.45) is 11.7. The molecule has 0 aromatic carbocycles. The van der Waals surface area contributed by atoms with Crippen molar-refractivity contribution in [2.45, 2.75) is 78.1 Å². The first kappa shape index (κ1) is 28.2. The topological polar surface area (TPSA) is 69.7 Å². The van der Waals surface area contributed by atoms with Gasteiger partial charge in [-0.25, -0.2) is 4.18 Å². The number of carbonyl (C=O) groups is 1. The molecule has 0 aliphatic rings. The summed E-state index contributed by atoms with van der Waals surface area (Å²) in [6.45, 7) is 3.32. The van der Waals surface area contributed by atoms with E-state index in [2.05, 4.69) is 15.3 Å². The normalized spacial score (nSPS) is 10.5. The van der Waals surface area contributed by atoms with Crippen molar-refractivity contribution in [2.75, 3.05) is 6.61 Å². The second-order valence-corrected chi connectivity index (χ2v) is 6.21. The number of hydrogen-bond acceptors (Lipinski definition) is 5. The molecule has 8 heteroatoms. The van der Waals surface area contributed by atoms with Gasteiger partial charge in [-0.05, 0) is 6.42 Å². The SMILES string of the molecule is CCCCCCCCCCCCOS(=O)(=O)OC(C)=O.[NaH].[NaH]. The molecule has 0 aliphatic carbocycles. The molecule has 124 valence electrons. The molecule has 0 aromatic heterocycles. The van der Waals surface area contributed by atoms with Crippen molar-refractivity contribution in [2.24, 2.45) is 0 Å². The molecule has 5 nitrogen and oxygen atoms in total. The van der Waals surface area contributed by atoms with Crippen LogP contribution < -0.4 is 0 Å². The fraction of sp³-hybridized carbons (Fsp3) is 0.929. The molecule has 0 N–H and O–H groups in total. The first-order valence-electron chi connectivity index (χ1n) is 7.57. The van der Waals surface area contributed by atoms with Gasteiger partial charge in [-0.2, -0.15) is 8.42 Å². The summed E-state index contributed by atoms with van der Waals surface area (Å²) in [7, 11) is -4.14. The van der Waals surface area contributed by atoms with E-state index in [0.717, 1.165) is 19.8 Å². The fourth-order valence-corrected chi connectivity index (χ4v) is 2.58. The van der Waals surface area contributed by atoms with Crippen LogP contribution in [0.5, 0.6) is 0 Å². The zero-order valence-electron chi connectivity index (χ0n) is 12.7. The minimum atomic E-state index is -4.14. The van der Waals surface area contributed by atoms with Gasteiger partial charge >= 0.3 is 75.5 Å². The van der Waals surface area contributed by atoms with Crippen molar-refractivity contribution < 1.29 is 21.6 Å². The Morgan fingerprint density at radius 3 is 1.64 bits per heavy atom. The van der Waals surface area contributed by atoms with E-state index in [9.17, 15) is 13.2 Å². The molecule has 0 saturated carbocycles. The summed E-state index contributed by atoms with van der Waals surface area (Å²) in [5.74, 6) is -0.881. The number of unbranched alkanes of at least 4 members (excludes halogenated alkanes) is 9. The van der Waals surface area contributed by atoms with E-state index in [1.165, 1.54) is 44.9 Å². The Kier molecular flexibility index (Phi) is 24.0. The Morgan fingerprint density at radius 2 is 1.23 bits per heavy atom. The van der Waals surface area contributed by atoms with Gasteiger partial charge in [-0.1, -0.05) is 64.7 Å². The van der Waals surface area contributed by atoms with Gasteiger partial charge in [0.2, 0.25) is 0 Å². The molecule has 0 aliphatic heterocycles. The molecule has 0 rings (SSSR count). The Bertz CT molecular complexity index is 347. The maximum atomic E-state index is 11.0. The van der Waals surface area contributed by atoms with Crippen molar-refractivity contribution in [1.29, 1.82) is 0 Å². The zero-order chi connectivity index (χ0) is 15.3. The van der Waals surface area contributed by atoms with Gasteiger partial charge in [0.25, 0.3) is 0 Å². The van der Waals surface area contributed by atoms with Gasteiger partial charge in [0.1, 0.15) is 0 Å². The standard InChI is InChI=1S/C14H28O5S.2Na.2H/c1-3-4-5-6-7-8-9-10-11-12-13-18-20(16,17)19-14(2)15;;;;/h3-13H2,1-2H3;;;;. The predicted molar refractivity (Wildman–Crippen MR) is 92.8 cm³/mol. The maximum absolute atomic E-state index is 11.0. The predicted octanol–water partition coefficient (Wildman–Crippen LogP) is 2.43. The Morgan fingerprint density at radius 1 is 0.818 bits per heavy atom. The van der Waals surface area contributed by atoms with E-state index < -0.39 is 16.4 Å². The Labute approximate surface area is 180 Å². The van der Waals surface area contributed by atoms with Crippen LogP contribution >= 0.6 is 0 Å². The molecule has 0 radical (unpaired) electrons. The van der Waals surface area contributed by atoms with Crippen LogP contribution in [0.2, 0.25) is 0 Å². The first-order chi connectivity index (χ1) is 9.48. The van der Waals surface area contributed by atoms with Gasteiger partial charge in [-0.3, -0.25) is 4.79 Å². The van der Waals surface area contributed by atoms with Crippen LogP contribution in [0.25, 0.3) is 0 Å². The molecule has 0 spiro atoms. The third kappa shape index (κ3) is 21.4. The van der Waals surface area contributed by atoms with Crippen LogP contribution in [0.15, 0.2) is 0 Å². The van der Waals surface area contributed by atoms with Gasteiger partial charge in [-0.15, -0.1) is 0 Å². The monoisotopic (exact) mass is 356 g/mol. The molecule has 0 amide bonds.